The summed E-state index contributed by atoms with van der Waals surface area (Å²) < 4.78 is 0. The van der Waals surface area contributed by atoms with E-state index in [0.29, 0.717) is 19.0 Å². The number of amides is 2. The summed E-state index contributed by atoms with van der Waals surface area (Å²) in [6.07, 6.45) is 4.46. The number of nitrogens with one attached hydrogen (secondary N) is 1. The number of halogens is 1. The van der Waals surface area contributed by atoms with Gasteiger partial charge in [-0.1, -0.05) is 0 Å². The van der Waals surface area contributed by atoms with Gasteiger partial charge >= 0.3 is 0 Å². The summed E-state index contributed by atoms with van der Waals surface area (Å²) in [5, 5.41) is 3.34. The smallest absolute Gasteiger partial charge is 0.224 e. The fraction of sp³-hybridized carbons (Fsp3) is 0.846. The molecule has 0 saturated carbocycles. The van der Waals surface area contributed by atoms with Crippen LogP contribution in [-0.4, -0.2) is 41.9 Å². The topological polar surface area (TPSA) is 75.4 Å². The van der Waals surface area contributed by atoms with E-state index in [0.717, 1.165) is 32.2 Å². The standard InChI is InChI=1S/C13H23N3O2.ClH/c1-9-4-5-10(13(14)18)8-16(9)12(17)7-11-3-2-6-15-11;/h9-11,15H,2-8H2,1H3,(H2,14,18);1H. The van der Waals surface area contributed by atoms with Crippen molar-refractivity contribution in [2.75, 3.05) is 13.1 Å². The number of nitrogens with zero attached hydrogens (tertiary/aromatic N) is 1. The van der Waals surface area contributed by atoms with Crippen LogP contribution in [0.5, 0.6) is 0 Å². The van der Waals surface area contributed by atoms with Gasteiger partial charge in [0.05, 0.1) is 5.92 Å². The zero-order valence-corrected chi connectivity index (χ0v) is 12.2. The Balaban J connectivity index is 0.00000180. The van der Waals surface area contributed by atoms with Gasteiger partial charge in [-0.15, -0.1) is 12.4 Å². The minimum atomic E-state index is -0.279. The first-order chi connectivity index (χ1) is 8.58. The van der Waals surface area contributed by atoms with Gasteiger partial charge in [0.15, 0.2) is 0 Å². The van der Waals surface area contributed by atoms with Crippen molar-refractivity contribution >= 4 is 24.2 Å². The summed E-state index contributed by atoms with van der Waals surface area (Å²) in [4.78, 5) is 25.4. The molecule has 19 heavy (non-hydrogen) atoms. The molecule has 0 aromatic heterocycles. The number of carbonyl (C=O) groups excluding carboxylic acids is 2. The molecule has 2 saturated heterocycles. The molecule has 0 radical (unpaired) electrons. The molecule has 0 spiro atoms. The van der Waals surface area contributed by atoms with E-state index in [9.17, 15) is 9.59 Å². The minimum Gasteiger partial charge on any atom is -0.369 e. The van der Waals surface area contributed by atoms with Crippen LogP contribution in [0.25, 0.3) is 0 Å². The molecule has 2 rings (SSSR count). The lowest BCUT2D eigenvalue weighted by molar-refractivity contribution is -0.138. The van der Waals surface area contributed by atoms with E-state index in [1.165, 1.54) is 0 Å². The van der Waals surface area contributed by atoms with E-state index in [1.807, 2.05) is 4.90 Å². The zero-order chi connectivity index (χ0) is 13.1. The molecule has 5 nitrogen and oxygen atoms in total. The first-order valence-corrected chi connectivity index (χ1v) is 6.90. The van der Waals surface area contributed by atoms with Crippen molar-refractivity contribution in [1.82, 2.24) is 10.2 Å². The van der Waals surface area contributed by atoms with Crippen LogP contribution in [0.4, 0.5) is 0 Å². The Kier molecular flexibility index (Phi) is 6.07. The second kappa shape index (κ2) is 7.10. The maximum atomic E-state index is 12.3. The molecule has 2 heterocycles. The van der Waals surface area contributed by atoms with Crippen LogP contribution in [0.15, 0.2) is 0 Å². The molecular formula is C13H24ClN3O2. The van der Waals surface area contributed by atoms with Gasteiger partial charge in [0.25, 0.3) is 0 Å². The van der Waals surface area contributed by atoms with Gasteiger partial charge in [-0.2, -0.15) is 0 Å². The van der Waals surface area contributed by atoms with Gasteiger partial charge in [-0.25, -0.2) is 0 Å². The molecule has 3 atom stereocenters. The van der Waals surface area contributed by atoms with E-state index in [2.05, 4.69) is 12.2 Å². The fourth-order valence-corrected chi connectivity index (χ4v) is 2.95. The second-order valence-corrected chi connectivity index (χ2v) is 5.57. The zero-order valence-electron chi connectivity index (χ0n) is 11.4. The largest absolute Gasteiger partial charge is 0.369 e. The third-order valence-corrected chi connectivity index (χ3v) is 4.19. The van der Waals surface area contributed by atoms with Gasteiger partial charge in [-0.05, 0) is 39.2 Å². The number of piperidine rings is 1. The molecule has 0 aromatic rings. The Morgan fingerprint density at radius 1 is 1.32 bits per heavy atom. The Hall–Kier alpha value is -0.810. The average molecular weight is 290 g/mol. The molecule has 2 aliphatic rings. The van der Waals surface area contributed by atoms with Crippen molar-refractivity contribution in [3.05, 3.63) is 0 Å². The molecule has 6 heteroatoms. The monoisotopic (exact) mass is 289 g/mol. The van der Waals surface area contributed by atoms with E-state index < -0.39 is 0 Å². The Morgan fingerprint density at radius 2 is 2.05 bits per heavy atom. The van der Waals surface area contributed by atoms with Gasteiger partial charge in [0.1, 0.15) is 0 Å². The molecule has 110 valence electrons. The first-order valence-electron chi connectivity index (χ1n) is 6.90. The van der Waals surface area contributed by atoms with Crippen molar-refractivity contribution in [2.45, 2.75) is 51.1 Å². The van der Waals surface area contributed by atoms with Crippen molar-refractivity contribution in [1.29, 1.82) is 0 Å². The van der Waals surface area contributed by atoms with Crippen molar-refractivity contribution < 1.29 is 9.59 Å². The molecule has 3 N–H and O–H groups in total. The van der Waals surface area contributed by atoms with E-state index in [-0.39, 0.29) is 36.2 Å². The van der Waals surface area contributed by atoms with Gasteiger partial charge in [0.2, 0.25) is 11.8 Å². The van der Waals surface area contributed by atoms with Crippen LogP contribution in [0.1, 0.15) is 39.0 Å². The number of hydrogen-bond acceptors (Lipinski definition) is 3. The highest BCUT2D eigenvalue weighted by Crippen LogP contribution is 2.23. The third-order valence-electron chi connectivity index (χ3n) is 4.19. The van der Waals surface area contributed by atoms with E-state index >= 15 is 0 Å². The predicted molar refractivity (Wildman–Crippen MR) is 76.0 cm³/mol. The molecule has 2 aliphatic heterocycles. The van der Waals surface area contributed by atoms with Crippen LogP contribution < -0.4 is 11.1 Å². The van der Waals surface area contributed by atoms with E-state index in [1.54, 1.807) is 0 Å². The Bertz CT molecular complexity index is 332. The highest BCUT2D eigenvalue weighted by molar-refractivity contribution is 5.85. The summed E-state index contributed by atoms with van der Waals surface area (Å²) >= 11 is 0. The van der Waals surface area contributed by atoms with Crippen LogP contribution in [0, 0.1) is 5.92 Å². The molecular weight excluding hydrogens is 266 g/mol. The highest BCUT2D eigenvalue weighted by atomic mass is 35.5. The van der Waals surface area contributed by atoms with Crippen LogP contribution >= 0.6 is 12.4 Å². The maximum Gasteiger partial charge on any atom is 0.224 e. The van der Waals surface area contributed by atoms with Crippen molar-refractivity contribution in [3.63, 3.8) is 0 Å². The van der Waals surface area contributed by atoms with Crippen LogP contribution in [0.2, 0.25) is 0 Å². The summed E-state index contributed by atoms with van der Waals surface area (Å²) in [7, 11) is 0. The lowest BCUT2D eigenvalue weighted by atomic mass is 9.92. The Labute approximate surface area is 120 Å². The van der Waals surface area contributed by atoms with Crippen molar-refractivity contribution in [2.24, 2.45) is 11.7 Å². The predicted octanol–water partition coefficient (Wildman–Crippen LogP) is 0.663. The molecule has 0 aliphatic carbocycles. The highest BCUT2D eigenvalue weighted by Gasteiger charge is 2.32. The summed E-state index contributed by atoms with van der Waals surface area (Å²) in [6, 6.07) is 0.549. The summed E-state index contributed by atoms with van der Waals surface area (Å²) in [5.41, 5.74) is 5.35. The molecule has 2 fully saturated rings. The van der Waals surface area contributed by atoms with Gasteiger partial charge < -0.3 is 16.0 Å². The summed E-state index contributed by atoms with van der Waals surface area (Å²) in [6.45, 7) is 3.57. The number of carbonyl (C=O) groups is 2. The van der Waals surface area contributed by atoms with E-state index in [4.69, 9.17) is 5.73 Å². The minimum absolute atomic E-state index is 0. The van der Waals surface area contributed by atoms with Crippen LogP contribution in [-0.2, 0) is 9.59 Å². The third kappa shape index (κ3) is 4.08. The Morgan fingerprint density at radius 3 is 2.63 bits per heavy atom. The van der Waals surface area contributed by atoms with Crippen LogP contribution in [0.3, 0.4) is 0 Å². The maximum absolute atomic E-state index is 12.3. The van der Waals surface area contributed by atoms with Gasteiger partial charge in [-0.3, -0.25) is 9.59 Å². The molecule has 2 amide bonds. The van der Waals surface area contributed by atoms with Crippen molar-refractivity contribution in [3.8, 4) is 0 Å². The number of rotatable bonds is 3. The summed E-state index contributed by atoms with van der Waals surface area (Å²) in [5.74, 6) is -0.284. The molecule has 0 aromatic carbocycles. The number of likely N-dealkylation sites (tertiary alicyclic amines) is 1. The second-order valence-electron chi connectivity index (χ2n) is 5.57. The number of nitrogens with two attached hydrogens (primary N) is 1. The SMILES string of the molecule is CC1CCC(C(N)=O)CN1C(=O)CC1CCCN1.Cl. The molecule has 0 bridgehead atoms. The first kappa shape index (κ1) is 16.2. The lowest BCUT2D eigenvalue weighted by Crippen LogP contribution is -2.49. The molecule has 3 unspecified atom stereocenters. The van der Waals surface area contributed by atoms with Gasteiger partial charge in [0, 0.05) is 25.0 Å². The fourth-order valence-electron chi connectivity index (χ4n) is 2.95. The quantitative estimate of drug-likeness (QED) is 0.801. The lowest BCUT2D eigenvalue weighted by Gasteiger charge is -2.37. The average Bonchev–Trinajstić information content (AvgIpc) is 2.81. The number of primary amides is 1. The number of hydrogen-bond donors (Lipinski definition) is 2. The normalized spacial score (nSPS) is 30.8.